The number of aliphatic hydroxyl groups is 2. The molecule has 4 N–H and O–H groups in total. The Morgan fingerprint density at radius 1 is 0.964 bits per heavy atom. The van der Waals surface area contributed by atoms with Crippen molar-refractivity contribution in [2.24, 2.45) is 0 Å². The molecular weight excluding hydrogens is 715 g/mol. The second kappa shape index (κ2) is 18.7. The number of amides is 3. The van der Waals surface area contributed by atoms with Crippen LogP contribution >= 0.6 is 11.8 Å². The molecule has 11 nitrogen and oxygen atoms in total. The summed E-state index contributed by atoms with van der Waals surface area (Å²) in [7, 11) is 0. The van der Waals surface area contributed by atoms with Crippen LogP contribution in [-0.2, 0) is 27.2 Å². The van der Waals surface area contributed by atoms with Gasteiger partial charge in [-0.2, -0.15) is 0 Å². The molecule has 3 aromatic carbocycles. The number of hydrogen-bond donors (Lipinski definition) is 4. The fraction of sp³-hybridized carbons (Fsp3) is 0.512. The molecule has 5 atom stereocenters. The zero-order valence-corrected chi connectivity index (χ0v) is 34.2. The van der Waals surface area contributed by atoms with E-state index in [0.717, 1.165) is 66.2 Å². The average Bonchev–Trinajstić information content (AvgIpc) is 3.66. The third-order valence-electron chi connectivity index (χ3n) is 11.0. The van der Waals surface area contributed by atoms with Crippen molar-refractivity contribution in [3.05, 3.63) is 94.5 Å². The molecule has 12 heteroatoms. The van der Waals surface area contributed by atoms with Gasteiger partial charge in [0.2, 0.25) is 5.91 Å². The van der Waals surface area contributed by atoms with E-state index < -0.39 is 52.8 Å². The Labute approximate surface area is 330 Å². The molecule has 298 valence electrons. The summed E-state index contributed by atoms with van der Waals surface area (Å²) in [6.45, 7) is 18.7. The third kappa shape index (κ3) is 10.0. The molecule has 1 aliphatic carbocycles. The fourth-order valence-electron chi connectivity index (χ4n) is 7.84. The van der Waals surface area contributed by atoms with Gasteiger partial charge < -0.3 is 40.3 Å². The molecule has 0 radical (unpaired) electrons. The van der Waals surface area contributed by atoms with Crippen molar-refractivity contribution >= 4 is 35.2 Å². The van der Waals surface area contributed by atoms with Gasteiger partial charge in [0.15, 0.2) is 12.7 Å². The van der Waals surface area contributed by atoms with Gasteiger partial charge in [0.25, 0.3) is 11.8 Å². The first-order chi connectivity index (χ1) is 26.3. The molecule has 2 aliphatic rings. The molecule has 1 aliphatic heterocycles. The number of benzene rings is 3. The number of carbonyl (C=O) groups is 3. The van der Waals surface area contributed by atoms with Crippen molar-refractivity contribution in [1.29, 1.82) is 0 Å². The van der Waals surface area contributed by atoms with Crippen molar-refractivity contribution in [1.82, 2.24) is 20.4 Å². The summed E-state index contributed by atoms with van der Waals surface area (Å²) in [4.78, 5) is 47.9. The third-order valence-corrected chi connectivity index (χ3v) is 12.4. The molecule has 1 heterocycles. The lowest BCUT2D eigenvalue weighted by Gasteiger charge is -2.34. The van der Waals surface area contributed by atoms with Gasteiger partial charge in [0, 0.05) is 36.5 Å². The Kier molecular flexibility index (Phi) is 14.3. The van der Waals surface area contributed by atoms with Crippen molar-refractivity contribution in [3.8, 4) is 5.75 Å². The van der Waals surface area contributed by atoms with Crippen LogP contribution in [0.25, 0.3) is 0 Å². The number of likely N-dealkylation sites (N-methyl/N-ethyl adjacent to an activating group) is 2. The normalized spacial score (nSPS) is 19.8. The lowest BCUT2D eigenvalue weighted by molar-refractivity contribution is -0.148. The van der Waals surface area contributed by atoms with Gasteiger partial charge in [-0.15, -0.1) is 11.8 Å². The second-order valence-electron chi connectivity index (χ2n) is 15.2. The maximum atomic E-state index is 14.2. The molecular formula is C43H59N5O6S. The Bertz CT molecular complexity index is 1760. The van der Waals surface area contributed by atoms with E-state index in [1.54, 1.807) is 0 Å². The summed E-state index contributed by atoms with van der Waals surface area (Å²) in [6.07, 6.45) is -1.83. The molecule has 1 saturated heterocycles. The minimum Gasteiger partial charge on any atom is -0.483 e. The van der Waals surface area contributed by atoms with E-state index in [1.165, 1.54) is 16.7 Å². The predicted octanol–water partition coefficient (Wildman–Crippen LogP) is 4.39. The van der Waals surface area contributed by atoms with Crippen LogP contribution in [0.5, 0.6) is 5.75 Å². The van der Waals surface area contributed by atoms with Crippen LogP contribution in [0.1, 0.15) is 68.5 Å². The molecule has 0 unspecified atom stereocenters. The summed E-state index contributed by atoms with van der Waals surface area (Å²) in [5.41, 5.74) is 5.57. The van der Waals surface area contributed by atoms with Crippen LogP contribution in [-0.4, -0.2) is 112 Å². The van der Waals surface area contributed by atoms with Crippen molar-refractivity contribution in [3.63, 3.8) is 0 Å². The van der Waals surface area contributed by atoms with Crippen LogP contribution in [0.2, 0.25) is 0 Å². The monoisotopic (exact) mass is 773 g/mol. The lowest BCUT2D eigenvalue weighted by atomic mass is 9.96. The summed E-state index contributed by atoms with van der Waals surface area (Å²) >= 11 is 1.44. The average molecular weight is 774 g/mol. The van der Waals surface area contributed by atoms with Crippen LogP contribution in [0, 0.1) is 13.8 Å². The highest BCUT2D eigenvalue weighted by Crippen LogP contribution is 2.41. The highest BCUT2D eigenvalue weighted by molar-refractivity contribution is 8.00. The lowest BCUT2D eigenvalue weighted by Crippen LogP contribution is -2.59. The van der Waals surface area contributed by atoms with Crippen molar-refractivity contribution in [2.75, 3.05) is 50.1 Å². The summed E-state index contributed by atoms with van der Waals surface area (Å²) in [5, 5.41) is 28.5. The van der Waals surface area contributed by atoms with Crippen molar-refractivity contribution in [2.45, 2.75) is 96.4 Å². The van der Waals surface area contributed by atoms with E-state index in [1.807, 2.05) is 82.3 Å². The Morgan fingerprint density at radius 3 is 2.27 bits per heavy atom. The summed E-state index contributed by atoms with van der Waals surface area (Å²) in [6, 6.07) is 18.6. The standard InChI is InChI=1S/C43H59N5O6S/c1-8-46(9-2)20-21-47(10-3)32-22-28(4)39(29(5)23-32)54-26-36(50)44-34(24-30-16-12-11-13-17-30)38(51)42(53)48-27-55-43(6,7)40(48)41(52)45-37-33-19-15-14-18-31(33)25-35(37)49/h11-19,22-23,34-35,37-38,40,49,51H,8-10,20-21,24-27H2,1-7H3,(H,44,50)(H,45,52)/t34-,35+,37-,38-,40+/m0/s1. The Balaban J connectivity index is 1.28. The van der Waals surface area contributed by atoms with Gasteiger partial charge in [-0.3, -0.25) is 14.4 Å². The molecule has 5 rings (SSSR count). The Hall–Kier alpha value is -4.10. The van der Waals surface area contributed by atoms with E-state index in [2.05, 4.69) is 53.3 Å². The zero-order valence-electron chi connectivity index (χ0n) is 33.4. The number of hydrogen-bond acceptors (Lipinski definition) is 9. The van der Waals surface area contributed by atoms with Gasteiger partial charge in [-0.25, -0.2) is 0 Å². The number of aryl methyl sites for hydroxylation is 2. The number of anilines is 1. The highest BCUT2D eigenvalue weighted by Gasteiger charge is 2.50. The number of nitrogens with one attached hydrogen (secondary N) is 2. The number of carbonyl (C=O) groups excluding carboxylic acids is 3. The first kappa shape index (κ1) is 42.1. The number of ether oxygens (including phenoxy) is 1. The van der Waals surface area contributed by atoms with Crippen molar-refractivity contribution < 1.29 is 29.3 Å². The van der Waals surface area contributed by atoms with Gasteiger partial charge in [-0.1, -0.05) is 68.4 Å². The first-order valence-corrected chi connectivity index (χ1v) is 20.5. The minimum absolute atomic E-state index is 0.179. The van der Waals surface area contributed by atoms with E-state index in [4.69, 9.17) is 4.74 Å². The number of aliphatic hydroxyl groups excluding tert-OH is 2. The molecule has 0 aromatic heterocycles. The molecule has 1 fully saturated rings. The highest BCUT2D eigenvalue weighted by atomic mass is 32.2. The first-order valence-electron chi connectivity index (χ1n) is 19.5. The van der Waals surface area contributed by atoms with E-state index in [0.29, 0.717) is 12.2 Å². The van der Waals surface area contributed by atoms with Crippen LogP contribution in [0.15, 0.2) is 66.7 Å². The fourth-order valence-corrected chi connectivity index (χ4v) is 8.98. The van der Waals surface area contributed by atoms with Gasteiger partial charge in [0.1, 0.15) is 11.8 Å². The number of nitrogens with zero attached hydrogens (tertiary/aromatic N) is 3. The Morgan fingerprint density at radius 2 is 1.62 bits per heavy atom. The predicted molar refractivity (Wildman–Crippen MR) is 219 cm³/mol. The summed E-state index contributed by atoms with van der Waals surface area (Å²) in [5.74, 6) is -0.744. The molecule has 0 spiro atoms. The van der Waals surface area contributed by atoms with E-state index in [9.17, 15) is 24.6 Å². The van der Waals surface area contributed by atoms with Crippen LogP contribution in [0.3, 0.4) is 0 Å². The quantitative estimate of drug-likeness (QED) is 0.158. The van der Waals surface area contributed by atoms with E-state index in [-0.39, 0.29) is 18.9 Å². The molecule has 0 saturated carbocycles. The zero-order chi connectivity index (χ0) is 39.9. The molecule has 55 heavy (non-hydrogen) atoms. The minimum atomic E-state index is -1.65. The number of thioether (sulfide) groups is 1. The summed E-state index contributed by atoms with van der Waals surface area (Å²) < 4.78 is 5.42. The number of rotatable bonds is 17. The van der Waals surface area contributed by atoms with Crippen LogP contribution < -0.4 is 20.3 Å². The van der Waals surface area contributed by atoms with Gasteiger partial charge >= 0.3 is 0 Å². The van der Waals surface area contributed by atoms with E-state index >= 15 is 0 Å². The van der Waals surface area contributed by atoms with Crippen LogP contribution in [0.4, 0.5) is 5.69 Å². The molecule has 3 amide bonds. The maximum absolute atomic E-state index is 14.2. The van der Waals surface area contributed by atoms with Gasteiger partial charge in [-0.05, 0) is 94.1 Å². The largest absolute Gasteiger partial charge is 0.483 e. The SMILES string of the molecule is CCN(CC)CCN(CC)c1cc(C)c(OCC(=O)N[C@@H](Cc2ccccc2)[C@H](O)C(=O)N2CSC(C)(C)[C@H]2C(=O)N[C@H]2c3ccccc3C[C@H]2O)c(C)c1. The smallest absolute Gasteiger partial charge is 0.258 e. The molecule has 3 aromatic rings. The van der Waals surface area contributed by atoms with Gasteiger partial charge in [0.05, 0.1) is 24.1 Å². The number of fused-ring (bicyclic) bond motifs is 1. The second-order valence-corrected chi connectivity index (χ2v) is 16.8. The topological polar surface area (TPSA) is 135 Å². The molecule has 0 bridgehead atoms. The maximum Gasteiger partial charge on any atom is 0.258 e.